The summed E-state index contributed by atoms with van der Waals surface area (Å²) in [4.78, 5) is 40.2. The fourth-order valence-corrected chi connectivity index (χ4v) is 4.25. The van der Waals surface area contributed by atoms with Gasteiger partial charge >= 0.3 is 6.03 Å². The van der Waals surface area contributed by atoms with Gasteiger partial charge in [-0.1, -0.05) is 0 Å². The Balaban J connectivity index is 1.34. The predicted molar refractivity (Wildman–Crippen MR) is 101 cm³/mol. The van der Waals surface area contributed by atoms with Crippen LogP contribution in [-0.2, 0) is 9.59 Å². The Bertz CT molecular complexity index is 902. The molecule has 2 N–H and O–H groups in total. The molecule has 1 unspecified atom stereocenters. The highest BCUT2D eigenvalue weighted by Crippen LogP contribution is 2.43. The number of imide groups is 1. The van der Waals surface area contributed by atoms with E-state index in [4.69, 9.17) is 5.26 Å². The second-order valence-corrected chi connectivity index (χ2v) is 7.83. The van der Waals surface area contributed by atoms with Gasteiger partial charge in [0.2, 0.25) is 5.91 Å². The van der Waals surface area contributed by atoms with Crippen LogP contribution in [0.5, 0.6) is 0 Å². The van der Waals surface area contributed by atoms with Crippen LogP contribution in [0.25, 0.3) is 0 Å². The maximum atomic E-state index is 13.7. The van der Waals surface area contributed by atoms with Gasteiger partial charge in [-0.25, -0.2) is 9.18 Å². The van der Waals surface area contributed by atoms with Crippen molar-refractivity contribution in [3.8, 4) is 6.07 Å². The molecule has 9 heteroatoms. The maximum absolute atomic E-state index is 13.7. The van der Waals surface area contributed by atoms with Gasteiger partial charge < -0.3 is 15.1 Å². The Labute approximate surface area is 167 Å². The van der Waals surface area contributed by atoms with Crippen LogP contribution in [-0.4, -0.2) is 54.5 Å². The molecule has 0 radical (unpaired) electrons. The van der Waals surface area contributed by atoms with Gasteiger partial charge in [-0.05, 0) is 43.4 Å². The van der Waals surface area contributed by atoms with E-state index in [1.165, 1.54) is 12.1 Å². The monoisotopic (exact) mass is 399 g/mol. The summed E-state index contributed by atoms with van der Waals surface area (Å²) in [7, 11) is 0. The highest BCUT2D eigenvalue weighted by Gasteiger charge is 2.55. The minimum atomic E-state index is -0.955. The van der Waals surface area contributed by atoms with E-state index in [1.807, 2.05) is 11.0 Å². The van der Waals surface area contributed by atoms with Crippen LogP contribution in [0.15, 0.2) is 18.2 Å². The number of urea groups is 1. The van der Waals surface area contributed by atoms with Gasteiger partial charge in [0.25, 0.3) is 5.91 Å². The number of nitriles is 1. The largest absolute Gasteiger partial charge is 0.368 e. The molecule has 2 saturated heterocycles. The van der Waals surface area contributed by atoms with Gasteiger partial charge in [-0.2, -0.15) is 5.26 Å². The fourth-order valence-electron chi connectivity index (χ4n) is 4.25. The van der Waals surface area contributed by atoms with E-state index in [0.29, 0.717) is 38.3 Å². The fraction of sp³-hybridized carbons (Fsp3) is 0.500. The van der Waals surface area contributed by atoms with E-state index in [-0.39, 0.29) is 29.7 Å². The van der Waals surface area contributed by atoms with Gasteiger partial charge in [-0.15, -0.1) is 0 Å². The minimum Gasteiger partial charge on any atom is -0.368 e. The number of benzene rings is 1. The van der Waals surface area contributed by atoms with Crippen LogP contribution in [0.3, 0.4) is 0 Å². The molecular formula is C20H22FN5O3. The minimum absolute atomic E-state index is 0.0596. The number of rotatable bonds is 5. The molecule has 1 aromatic carbocycles. The van der Waals surface area contributed by atoms with Gasteiger partial charge in [0.1, 0.15) is 11.4 Å². The molecule has 1 saturated carbocycles. The molecule has 3 aliphatic rings. The number of carbonyl (C=O) groups excluding carboxylic acids is 3. The summed E-state index contributed by atoms with van der Waals surface area (Å²) in [5.41, 5.74) is -0.0588. The molecule has 1 atom stereocenters. The molecule has 3 fully saturated rings. The highest BCUT2D eigenvalue weighted by atomic mass is 19.1. The van der Waals surface area contributed by atoms with Crippen molar-refractivity contribution in [2.75, 3.05) is 31.1 Å². The maximum Gasteiger partial charge on any atom is 0.322 e. The first-order valence-electron chi connectivity index (χ1n) is 9.78. The van der Waals surface area contributed by atoms with Crippen LogP contribution < -0.4 is 15.5 Å². The average molecular weight is 399 g/mol. The van der Waals surface area contributed by atoms with Crippen LogP contribution in [0, 0.1) is 23.1 Å². The van der Waals surface area contributed by atoms with E-state index >= 15 is 0 Å². The second kappa shape index (κ2) is 7.35. The Hall–Kier alpha value is -3.15. The molecule has 1 aromatic rings. The Morgan fingerprint density at radius 2 is 1.93 bits per heavy atom. The Kier molecular flexibility index (Phi) is 4.86. The van der Waals surface area contributed by atoms with E-state index < -0.39 is 17.4 Å². The summed E-state index contributed by atoms with van der Waals surface area (Å²) >= 11 is 0. The zero-order valence-corrected chi connectivity index (χ0v) is 15.9. The van der Waals surface area contributed by atoms with E-state index in [0.717, 1.165) is 12.8 Å². The lowest BCUT2D eigenvalue weighted by molar-refractivity contribution is -0.132. The molecule has 0 spiro atoms. The number of hydrogen-bond acceptors (Lipinski definition) is 5. The van der Waals surface area contributed by atoms with Crippen LogP contribution in [0.4, 0.5) is 14.9 Å². The summed E-state index contributed by atoms with van der Waals surface area (Å²) in [6, 6.07) is 5.68. The molecule has 2 heterocycles. The summed E-state index contributed by atoms with van der Waals surface area (Å²) in [5.74, 6) is -0.752. The first kappa shape index (κ1) is 19.2. The van der Waals surface area contributed by atoms with Crippen molar-refractivity contribution in [1.82, 2.24) is 15.5 Å². The summed E-state index contributed by atoms with van der Waals surface area (Å²) < 4.78 is 13.7. The topological polar surface area (TPSA) is 106 Å². The zero-order valence-electron chi connectivity index (χ0n) is 15.9. The van der Waals surface area contributed by atoms with Gasteiger partial charge in [0.05, 0.1) is 11.6 Å². The van der Waals surface area contributed by atoms with Crippen molar-refractivity contribution in [2.45, 2.75) is 31.2 Å². The molecular weight excluding hydrogens is 377 g/mol. The molecule has 0 bridgehead atoms. The normalized spacial score (nSPS) is 24.1. The molecule has 1 aliphatic carbocycles. The van der Waals surface area contributed by atoms with Crippen LogP contribution in [0.2, 0.25) is 0 Å². The van der Waals surface area contributed by atoms with Crippen molar-refractivity contribution in [2.24, 2.45) is 5.92 Å². The van der Waals surface area contributed by atoms with Gasteiger partial charge in [0, 0.05) is 38.3 Å². The molecule has 4 rings (SSSR count). The second-order valence-electron chi connectivity index (χ2n) is 7.83. The molecule has 0 aromatic heterocycles. The molecule has 152 valence electrons. The Morgan fingerprint density at radius 3 is 2.52 bits per heavy atom. The summed E-state index contributed by atoms with van der Waals surface area (Å²) in [6.45, 7) is 2.02. The van der Waals surface area contributed by atoms with Crippen molar-refractivity contribution in [1.29, 1.82) is 5.26 Å². The van der Waals surface area contributed by atoms with E-state index in [1.54, 1.807) is 11.0 Å². The van der Waals surface area contributed by atoms with E-state index in [2.05, 4.69) is 10.6 Å². The number of carbonyl (C=O) groups is 3. The number of nitrogens with one attached hydrogen (secondary N) is 2. The van der Waals surface area contributed by atoms with Crippen molar-refractivity contribution in [3.05, 3.63) is 29.6 Å². The third kappa shape index (κ3) is 3.75. The van der Waals surface area contributed by atoms with Crippen LogP contribution in [0.1, 0.15) is 31.2 Å². The molecule has 4 amide bonds. The first-order chi connectivity index (χ1) is 13.9. The van der Waals surface area contributed by atoms with E-state index in [9.17, 15) is 18.8 Å². The van der Waals surface area contributed by atoms with Crippen molar-refractivity contribution < 1.29 is 18.8 Å². The lowest BCUT2D eigenvalue weighted by Crippen LogP contribution is -2.51. The number of anilines is 1. The first-order valence-corrected chi connectivity index (χ1v) is 9.78. The summed E-state index contributed by atoms with van der Waals surface area (Å²) in [5, 5.41) is 14.0. The standard InChI is InChI=1S/C20H22FN5O3/c21-15-9-13(12-22)10-16(11-15)25-5-7-26(8-6-25)17(27)3-4-20(14-1-2-14)18(28)23-19(29)24-20/h9-11,14H,1-8H2,(H2,23,24,28,29). The van der Waals surface area contributed by atoms with Gasteiger partial charge in [-0.3, -0.25) is 14.9 Å². The zero-order chi connectivity index (χ0) is 20.6. The number of nitrogens with zero attached hydrogens (tertiary/aromatic N) is 3. The van der Waals surface area contributed by atoms with Crippen molar-refractivity contribution >= 4 is 23.5 Å². The molecule has 29 heavy (non-hydrogen) atoms. The third-order valence-corrected chi connectivity index (χ3v) is 5.99. The third-order valence-electron chi connectivity index (χ3n) is 5.99. The quantitative estimate of drug-likeness (QED) is 0.722. The average Bonchev–Trinajstić information content (AvgIpc) is 3.52. The molecule has 2 aliphatic heterocycles. The number of halogens is 1. The highest BCUT2D eigenvalue weighted by molar-refractivity contribution is 6.07. The predicted octanol–water partition coefficient (Wildman–Crippen LogP) is 1.11. The summed E-state index contributed by atoms with van der Waals surface area (Å²) in [6.07, 6.45) is 2.23. The smallest absolute Gasteiger partial charge is 0.322 e. The van der Waals surface area contributed by atoms with Crippen molar-refractivity contribution in [3.63, 3.8) is 0 Å². The Morgan fingerprint density at radius 1 is 1.21 bits per heavy atom. The lowest BCUT2D eigenvalue weighted by Gasteiger charge is -2.36. The SMILES string of the molecule is N#Cc1cc(F)cc(N2CCN(C(=O)CCC3(C4CC4)NC(=O)NC3=O)CC2)c1. The number of amides is 4. The van der Waals surface area contributed by atoms with Crippen LogP contribution >= 0.6 is 0 Å². The number of piperazine rings is 1. The molecule has 8 nitrogen and oxygen atoms in total. The van der Waals surface area contributed by atoms with Gasteiger partial charge in [0.15, 0.2) is 0 Å². The number of hydrogen-bond donors (Lipinski definition) is 2. The lowest BCUT2D eigenvalue weighted by atomic mass is 9.87.